The smallest absolute Gasteiger partial charge is 0.311 e. The van der Waals surface area contributed by atoms with Gasteiger partial charge in [0.2, 0.25) is 0 Å². The number of carbonyl (C=O) groups excluding carboxylic acids is 2. The summed E-state index contributed by atoms with van der Waals surface area (Å²) in [7, 11) is 3.32. The van der Waals surface area contributed by atoms with Crippen LogP contribution in [0.25, 0.3) is 11.1 Å². The van der Waals surface area contributed by atoms with Crippen molar-refractivity contribution in [2.24, 2.45) is 13.0 Å². The number of methoxy groups -OCH3 is 1. The molecule has 1 unspecified atom stereocenters. The lowest BCUT2D eigenvalue weighted by Gasteiger charge is -2.23. The quantitative estimate of drug-likeness (QED) is 0.316. The zero-order valence-corrected chi connectivity index (χ0v) is 19.5. The van der Waals surface area contributed by atoms with E-state index in [1.165, 1.54) is 7.11 Å². The molecule has 6 nitrogen and oxygen atoms in total. The molecule has 3 aromatic rings. The predicted molar refractivity (Wildman–Crippen MR) is 128 cm³/mol. The molecular formula is C27H30N3O3+. The number of nitrogens with one attached hydrogen (secondary N) is 2. The summed E-state index contributed by atoms with van der Waals surface area (Å²) in [6, 6.07) is 18.5. The van der Waals surface area contributed by atoms with Gasteiger partial charge in [-0.2, -0.15) is 0 Å². The van der Waals surface area contributed by atoms with Crippen LogP contribution in [-0.2, 0) is 23.0 Å². The van der Waals surface area contributed by atoms with Crippen LogP contribution < -0.4 is 9.88 Å². The third-order valence-corrected chi connectivity index (χ3v) is 5.74. The van der Waals surface area contributed by atoms with Gasteiger partial charge in [-0.15, -0.1) is 0 Å². The lowest BCUT2D eigenvalue weighted by Crippen LogP contribution is -2.42. The number of benzene rings is 2. The van der Waals surface area contributed by atoms with Crippen LogP contribution in [0.15, 0.2) is 73.1 Å². The van der Waals surface area contributed by atoms with E-state index < -0.39 is 12.0 Å². The van der Waals surface area contributed by atoms with Gasteiger partial charge in [0.15, 0.2) is 12.4 Å². The standard InChI is InChI=1S/C27H29N3O3/c1-18(28)24-7-5-6-20(16-24)17-25(27(32)33-4)19(2)29-26(31)23-10-8-21(9-11-23)22-12-14-30(3)15-13-22/h5-16,19,25,28H,17H2,1-4H3/p+1/t19?,25-/m1/s1. The lowest BCUT2D eigenvalue weighted by molar-refractivity contribution is -0.671. The average Bonchev–Trinajstić information content (AvgIpc) is 2.82. The fraction of sp³-hybridized carbons (Fsp3) is 0.259. The highest BCUT2D eigenvalue weighted by molar-refractivity contribution is 5.96. The summed E-state index contributed by atoms with van der Waals surface area (Å²) < 4.78 is 6.97. The van der Waals surface area contributed by atoms with E-state index in [1.54, 1.807) is 19.1 Å². The maximum Gasteiger partial charge on any atom is 0.311 e. The third kappa shape index (κ3) is 6.13. The van der Waals surface area contributed by atoms with Crippen LogP contribution in [0.4, 0.5) is 0 Å². The van der Waals surface area contributed by atoms with E-state index >= 15 is 0 Å². The molecule has 6 heteroatoms. The summed E-state index contributed by atoms with van der Waals surface area (Å²) >= 11 is 0. The first kappa shape index (κ1) is 23.9. The van der Waals surface area contributed by atoms with Crippen molar-refractivity contribution in [2.75, 3.05) is 7.11 Å². The molecule has 2 atom stereocenters. The van der Waals surface area contributed by atoms with Gasteiger partial charge in [-0.25, -0.2) is 4.57 Å². The molecule has 33 heavy (non-hydrogen) atoms. The van der Waals surface area contributed by atoms with Crippen LogP contribution in [0.2, 0.25) is 0 Å². The molecule has 3 rings (SSSR count). The lowest BCUT2D eigenvalue weighted by atomic mass is 9.91. The van der Waals surface area contributed by atoms with Crippen molar-refractivity contribution in [3.8, 4) is 11.1 Å². The predicted octanol–water partition coefficient (Wildman–Crippen LogP) is 3.72. The Morgan fingerprint density at radius 2 is 1.64 bits per heavy atom. The molecule has 170 valence electrons. The van der Waals surface area contributed by atoms with Crippen molar-refractivity contribution >= 4 is 17.6 Å². The largest absolute Gasteiger partial charge is 0.469 e. The van der Waals surface area contributed by atoms with E-state index in [0.29, 0.717) is 17.7 Å². The van der Waals surface area contributed by atoms with Crippen LogP contribution >= 0.6 is 0 Å². The number of amides is 1. The average molecular weight is 445 g/mol. The Bertz CT molecular complexity index is 1140. The normalized spacial score (nSPS) is 12.5. The summed E-state index contributed by atoms with van der Waals surface area (Å²) in [4.78, 5) is 25.4. The van der Waals surface area contributed by atoms with Gasteiger partial charge in [-0.3, -0.25) is 9.59 Å². The Labute approximate surface area is 194 Å². The Morgan fingerprint density at radius 3 is 2.24 bits per heavy atom. The molecule has 0 aliphatic carbocycles. The monoisotopic (exact) mass is 444 g/mol. The van der Waals surface area contributed by atoms with Gasteiger partial charge in [-0.1, -0.05) is 30.3 Å². The molecule has 0 aliphatic heterocycles. The van der Waals surface area contributed by atoms with Crippen molar-refractivity contribution in [2.45, 2.75) is 26.3 Å². The minimum absolute atomic E-state index is 0.244. The molecule has 0 bridgehead atoms. The zero-order chi connectivity index (χ0) is 24.0. The summed E-state index contributed by atoms with van der Waals surface area (Å²) in [5.74, 6) is -1.18. The second-order valence-corrected chi connectivity index (χ2v) is 8.25. The third-order valence-electron chi connectivity index (χ3n) is 5.74. The van der Waals surface area contributed by atoms with Gasteiger partial charge in [0, 0.05) is 29.4 Å². The van der Waals surface area contributed by atoms with E-state index in [1.807, 2.05) is 79.5 Å². The van der Waals surface area contributed by atoms with E-state index in [9.17, 15) is 9.59 Å². The van der Waals surface area contributed by atoms with E-state index in [2.05, 4.69) is 5.32 Å². The number of hydrogen-bond acceptors (Lipinski definition) is 4. The molecule has 1 amide bonds. The van der Waals surface area contributed by atoms with E-state index in [4.69, 9.17) is 10.1 Å². The minimum Gasteiger partial charge on any atom is -0.469 e. The first-order valence-corrected chi connectivity index (χ1v) is 10.9. The van der Waals surface area contributed by atoms with Gasteiger partial charge < -0.3 is 15.5 Å². The Kier molecular flexibility index (Phi) is 7.72. The van der Waals surface area contributed by atoms with E-state index in [-0.39, 0.29) is 11.9 Å². The van der Waals surface area contributed by atoms with Crippen LogP contribution in [0.5, 0.6) is 0 Å². The van der Waals surface area contributed by atoms with Gasteiger partial charge in [-0.05, 0) is 60.7 Å². The summed E-state index contributed by atoms with van der Waals surface area (Å²) in [5, 5.41) is 10.8. The number of aromatic nitrogens is 1. The number of carbonyl (C=O) groups is 2. The fourth-order valence-electron chi connectivity index (χ4n) is 3.70. The Hall–Kier alpha value is -3.80. The molecule has 0 saturated heterocycles. The number of ether oxygens (including phenoxy) is 1. The van der Waals surface area contributed by atoms with Crippen LogP contribution in [0.3, 0.4) is 0 Å². The Balaban J connectivity index is 1.72. The molecule has 0 saturated carbocycles. The van der Waals surface area contributed by atoms with Crippen LogP contribution in [-0.4, -0.2) is 30.7 Å². The molecule has 0 radical (unpaired) electrons. The number of rotatable bonds is 8. The molecule has 2 aromatic carbocycles. The maximum absolute atomic E-state index is 12.9. The summed E-state index contributed by atoms with van der Waals surface area (Å²) in [6.45, 7) is 3.53. The number of aryl methyl sites for hydroxylation is 1. The number of esters is 1. The number of hydrogen-bond donors (Lipinski definition) is 2. The van der Waals surface area contributed by atoms with Crippen molar-refractivity contribution in [1.29, 1.82) is 5.41 Å². The van der Waals surface area contributed by atoms with E-state index in [0.717, 1.165) is 22.3 Å². The highest BCUT2D eigenvalue weighted by atomic mass is 16.5. The van der Waals surface area contributed by atoms with Crippen molar-refractivity contribution in [1.82, 2.24) is 5.32 Å². The molecular weight excluding hydrogens is 414 g/mol. The second-order valence-electron chi connectivity index (χ2n) is 8.25. The molecule has 0 fully saturated rings. The Morgan fingerprint density at radius 1 is 1.00 bits per heavy atom. The van der Waals surface area contributed by atoms with Crippen LogP contribution in [0, 0.1) is 11.3 Å². The molecule has 0 spiro atoms. The maximum atomic E-state index is 12.9. The van der Waals surface area contributed by atoms with Crippen molar-refractivity contribution < 1.29 is 18.9 Å². The van der Waals surface area contributed by atoms with Gasteiger partial charge in [0.25, 0.3) is 5.91 Å². The summed E-state index contributed by atoms with van der Waals surface area (Å²) in [5.41, 5.74) is 4.80. The number of pyridine rings is 1. The summed E-state index contributed by atoms with van der Waals surface area (Å²) in [6.07, 6.45) is 4.35. The fourth-order valence-corrected chi connectivity index (χ4v) is 3.70. The van der Waals surface area contributed by atoms with Gasteiger partial charge in [0.1, 0.15) is 7.05 Å². The highest BCUT2D eigenvalue weighted by Crippen LogP contribution is 2.20. The van der Waals surface area contributed by atoms with Crippen molar-refractivity contribution in [3.63, 3.8) is 0 Å². The second kappa shape index (κ2) is 10.7. The molecule has 0 aliphatic rings. The molecule has 1 heterocycles. The SMILES string of the molecule is COC(=O)[C@H](Cc1cccc(C(C)=N)c1)C(C)NC(=O)c1ccc(-c2cc[n+](C)cc2)cc1. The first-order valence-electron chi connectivity index (χ1n) is 10.9. The van der Waals surface area contributed by atoms with Gasteiger partial charge >= 0.3 is 5.97 Å². The molecule has 2 N–H and O–H groups in total. The topological polar surface area (TPSA) is 83.1 Å². The van der Waals surface area contributed by atoms with Crippen molar-refractivity contribution in [3.05, 3.63) is 89.7 Å². The number of nitrogens with zero attached hydrogens (tertiary/aromatic N) is 1. The minimum atomic E-state index is -0.551. The first-order chi connectivity index (χ1) is 15.8. The van der Waals surface area contributed by atoms with Gasteiger partial charge in [0.05, 0.1) is 13.0 Å². The highest BCUT2D eigenvalue weighted by Gasteiger charge is 2.28. The van der Waals surface area contributed by atoms with Crippen LogP contribution in [0.1, 0.15) is 35.3 Å². The zero-order valence-electron chi connectivity index (χ0n) is 19.5. The molecule has 1 aromatic heterocycles.